The van der Waals surface area contributed by atoms with E-state index in [1.165, 1.54) is 57.4 Å². The van der Waals surface area contributed by atoms with Gasteiger partial charge in [0.25, 0.3) is 0 Å². The molecule has 0 saturated carbocycles. The summed E-state index contributed by atoms with van der Waals surface area (Å²) in [4.78, 5) is 2.63. The molecule has 0 radical (unpaired) electrons. The Morgan fingerprint density at radius 1 is 1.14 bits per heavy atom. The van der Waals surface area contributed by atoms with Crippen molar-refractivity contribution >= 4 is 0 Å². The Morgan fingerprint density at radius 3 is 2.52 bits per heavy atom. The van der Waals surface area contributed by atoms with Crippen LogP contribution in [0.15, 0.2) is 24.3 Å². The number of methoxy groups -OCH3 is 1. The maximum atomic E-state index is 5.21. The minimum absolute atomic E-state index is 0.814. The molecule has 21 heavy (non-hydrogen) atoms. The second kappa shape index (κ2) is 7.28. The highest BCUT2D eigenvalue weighted by molar-refractivity contribution is 5.27. The van der Waals surface area contributed by atoms with Gasteiger partial charge in [-0.15, -0.1) is 0 Å². The number of nitrogens with zero attached hydrogens (tertiary/aromatic N) is 1. The van der Waals surface area contributed by atoms with Gasteiger partial charge in [0.2, 0.25) is 0 Å². The predicted molar refractivity (Wildman–Crippen MR) is 86.9 cm³/mol. The van der Waals surface area contributed by atoms with Gasteiger partial charge >= 0.3 is 0 Å². The van der Waals surface area contributed by atoms with Crippen molar-refractivity contribution < 1.29 is 4.74 Å². The largest absolute Gasteiger partial charge is 0.497 e. The average molecular weight is 288 g/mol. The molecule has 3 rings (SSSR count). The molecule has 3 heteroatoms. The van der Waals surface area contributed by atoms with Crippen LogP contribution in [0.2, 0.25) is 0 Å². The Hall–Kier alpha value is -1.06. The lowest BCUT2D eigenvalue weighted by atomic mass is 9.88. The molecule has 0 aliphatic carbocycles. The summed E-state index contributed by atoms with van der Waals surface area (Å²) in [5, 5.41) is 3.68. The highest BCUT2D eigenvalue weighted by atomic mass is 16.5. The molecule has 2 aliphatic rings. The quantitative estimate of drug-likeness (QED) is 0.901. The van der Waals surface area contributed by atoms with Crippen molar-refractivity contribution in [2.24, 2.45) is 5.92 Å². The lowest BCUT2D eigenvalue weighted by Crippen LogP contribution is -2.41. The lowest BCUT2D eigenvalue weighted by molar-refractivity contribution is 0.165. The van der Waals surface area contributed by atoms with Crippen LogP contribution in [-0.4, -0.2) is 44.2 Å². The van der Waals surface area contributed by atoms with Crippen molar-refractivity contribution in [3.05, 3.63) is 29.8 Å². The fourth-order valence-electron chi connectivity index (χ4n) is 3.77. The van der Waals surface area contributed by atoms with Gasteiger partial charge in [0.05, 0.1) is 7.11 Å². The maximum Gasteiger partial charge on any atom is 0.118 e. The average Bonchev–Trinajstić information content (AvgIpc) is 3.08. The summed E-state index contributed by atoms with van der Waals surface area (Å²) >= 11 is 0. The van der Waals surface area contributed by atoms with Gasteiger partial charge in [0.1, 0.15) is 5.75 Å². The maximum absolute atomic E-state index is 5.21. The van der Waals surface area contributed by atoms with Gasteiger partial charge in [-0.3, -0.25) is 0 Å². The number of benzene rings is 1. The number of piperidine rings is 1. The summed E-state index contributed by atoms with van der Waals surface area (Å²) in [5.74, 6) is 1.87. The normalized spacial score (nSPS) is 24.3. The molecule has 2 aliphatic heterocycles. The lowest BCUT2D eigenvalue weighted by Gasteiger charge is -2.34. The minimum Gasteiger partial charge on any atom is -0.497 e. The van der Waals surface area contributed by atoms with Crippen LogP contribution in [-0.2, 0) is 6.42 Å². The molecule has 2 saturated heterocycles. The van der Waals surface area contributed by atoms with Gasteiger partial charge < -0.3 is 15.0 Å². The molecule has 116 valence electrons. The van der Waals surface area contributed by atoms with E-state index in [4.69, 9.17) is 4.74 Å². The zero-order valence-electron chi connectivity index (χ0n) is 13.2. The molecule has 0 aromatic heterocycles. The summed E-state index contributed by atoms with van der Waals surface area (Å²) in [6.07, 6.45) is 6.68. The molecule has 3 nitrogen and oxygen atoms in total. The molecule has 0 spiro atoms. The van der Waals surface area contributed by atoms with Crippen LogP contribution in [0.1, 0.15) is 31.2 Å². The van der Waals surface area contributed by atoms with Crippen molar-refractivity contribution in [1.29, 1.82) is 0 Å². The number of likely N-dealkylation sites (tertiary alicyclic amines) is 1. The van der Waals surface area contributed by atoms with Gasteiger partial charge in [-0.2, -0.15) is 0 Å². The first-order chi connectivity index (χ1) is 10.3. The Bertz CT molecular complexity index is 417. The molecule has 1 atom stereocenters. The fraction of sp³-hybridized carbons (Fsp3) is 0.667. The smallest absolute Gasteiger partial charge is 0.118 e. The second-order valence-electron chi connectivity index (χ2n) is 6.48. The van der Waals surface area contributed by atoms with E-state index in [0.29, 0.717) is 0 Å². The first-order valence-corrected chi connectivity index (χ1v) is 8.44. The number of ether oxygens (including phenoxy) is 1. The van der Waals surface area contributed by atoms with Crippen LogP contribution in [0.3, 0.4) is 0 Å². The van der Waals surface area contributed by atoms with E-state index in [-0.39, 0.29) is 0 Å². The van der Waals surface area contributed by atoms with Crippen LogP contribution in [0, 0.1) is 5.92 Å². The van der Waals surface area contributed by atoms with Crippen LogP contribution in [0.4, 0.5) is 0 Å². The number of hydrogen-bond donors (Lipinski definition) is 1. The van der Waals surface area contributed by atoms with E-state index in [0.717, 1.165) is 24.1 Å². The van der Waals surface area contributed by atoms with Crippen molar-refractivity contribution in [1.82, 2.24) is 10.2 Å². The monoisotopic (exact) mass is 288 g/mol. The Morgan fingerprint density at radius 2 is 1.90 bits per heavy atom. The molecule has 1 aromatic carbocycles. The van der Waals surface area contributed by atoms with E-state index >= 15 is 0 Å². The highest BCUT2D eigenvalue weighted by Gasteiger charge is 2.27. The molecule has 0 amide bonds. The van der Waals surface area contributed by atoms with Crippen molar-refractivity contribution in [2.45, 2.75) is 38.1 Å². The Labute approximate surface area is 128 Å². The SMILES string of the molecule is COc1ccc(CCN2CCC(C3CCCN3)CC2)cc1. The van der Waals surface area contributed by atoms with Crippen LogP contribution < -0.4 is 10.1 Å². The zero-order valence-corrected chi connectivity index (χ0v) is 13.2. The number of nitrogens with one attached hydrogen (secondary N) is 1. The molecular weight excluding hydrogens is 260 g/mol. The molecule has 2 fully saturated rings. The van der Waals surface area contributed by atoms with Crippen LogP contribution in [0.25, 0.3) is 0 Å². The fourth-order valence-corrected chi connectivity index (χ4v) is 3.77. The van der Waals surface area contributed by atoms with Crippen LogP contribution >= 0.6 is 0 Å². The van der Waals surface area contributed by atoms with Crippen molar-refractivity contribution in [3.8, 4) is 5.75 Å². The highest BCUT2D eigenvalue weighted by Crippen LogP contribution is 2.25. The molecular formula is C18H28N2O. The third-order valence-corrected chi connectivity index (χ3v) is 5.18. The summed E-state index contributed by atoms with van der Waals surface area (Å²) in [7, 11) is 1.72. The molecule has 2 heterocycles. The zero-order chi connectivity index (χ0) is 14.5. The Balaban J connectivity index is 1.40. The van der Waals surface area contributed by atoms with E-state index < -0.39 is 0 Å². The third-order valence-electron chi connectivity index (χ3n) is 5.18. The summed E-state index contributed by atoms with van der Waals surface area (Å²) < 4.78 is 5.21. The Kier molecular flexibility index (Phi) is 5.15. The van der Waals surface area contributed by atoms with Gasteiger partial charge in [0, 0.05) is 12.6 Å². The van der Waals surface area contributed by atoms with E-state index in [1.807, 2.05) is 0 Å². The predicted octanol–water partition coefficient (Wildman–Crippen LogP) is 2.70. The first-order valence-electron chi connectivity index (χ1n) is 8.44. The van der Waals surface area contributed by atoms with E-state index in [1.54, 1.807) is 7.11 Å². The van der Waals surface area contributed by atoms with Crippen LogP contribution in [0.5, 0.6) is 5.75 Å². The number of hydrogen-bond acceptors (Lipinski definition) is 3. The minimum atomic E-state index is 0.814. The van der Waals surface area contributed by atoms with Crippen molar-refractivity contribution in [2.75, 3.05) is 33.3 Å². The topological polar surface area (TPSA) is 24.5 Å². The summed E-state index contributed by atoms with van der Waals surface area (Å²) in [5.41, 5.74) is 1.41. The first kappa shape index (κ1) is 14.9. The van der Waals surface area contributed by atoms with Crippen molar-refractivity contribution in [3.63, 3.8) is 0 Å². The molecule has 0 bridgehead atoms. The molecule has 1 unspecified atom stereocenters. The van der Waals surface area contributed by atoms with Gasteiger partial charge in [-0.25, -0.2) is 0 Å². The number of rotatable bonds is 5. The molecule has 1 aromatic rings. The van der Waals surface area contributed by atoms with E-state index in [9.17, 15) is 0 Å². The molecule has 1 N–H and O–H groups in total. The third kappa shape index (κ3) is 3.98. The van der Waals surface area contributed by atoms with Gasteiger partial charge in [-0.05, 0) is 75.4 Å². The second-order valence-corrected chi connectivity index (χ2v) is 6.48. The van der Waals surface area contributed by atoms with Gasteiger partial charge in [0.15, 0.2) is 0 Å². The summed E-state index contributed by atoms with van der Waals surface area (Å²) in [6, 6.07) is 9.32. The van der Waals surface area contributed by atoms with Gasteiger partial charge in [-0.1, -0.05) is 12.1 Å². The standard InChI is InChI=1S/C18H28N2O/c1-21-17-6-4-15(5-7-17)8-12-20-13-9-16(10-14-20)18-3-2-11-19-18/h4-7,16,18-19H,2-3,8-14H2,1H3. The summed E-state index contributed by atoms with van der Waals surface area (Å²) in [6.45, 7) is 4.98. The van der Waals surface area contributed by atoms with E-state index in [2.05, 4.69) is 34.5 Å².